The minimum Gasteiger partial charge on any atom is -0.467 e. The van der Waals surface area contributed by atoms with Crippen LogP contribution in [0, 0.1) is 0 Å². The molecule has 0 aromatic heterocycles. The Hall–Kier alpha value is -1.14. The van der Waals surface area contributed by atoms with E-state index in [1.54, 1.807) is 11.8 Å². The summed E-state index contributed by atoms with van der Waals surface area (Å²) >= 11 is 0. The Bertz CT molecular complexity index is 279. The molecule has 1 rings (SSSR count). The first-order valence-corrected chi connectivity index (χ1v) is 5.70. The van der Waals surface area contributed by atoms with E-state index >= 15 is 0 Å². The number of amides is 1. The van der Waals surface area contributed by atoms with Gasteiger partial charge in [0.05, 0.1) is 26.4 Å². The molecule has 98 valence electrons. The lowest BCUT2D eigenvalue weighted by molar-refractivity contribution is -0.162. The van der Waals surface area contributed by atoms with Gasteiger partial charge in [0.25, 0.3) is 0 Å². The number of methoxy groups -OCH3 is 1. The molecule has 1 heterocycles. The van der Waals surface area contributed by atoms with Crippen LogP contribution >= 0.6 is 0 Å². The number of hydrogen-bond donors (Lipinski definition) is 1. The van der Waals surface area contributed by atoms with Gasteiger partial charge in [-0.25, -0.2) is 4.79 Å². The highest BCUT2D eigenvalue weighted by Crippen LogP contribution is 2.09. The molecule has 0 saturated carbocycles. The highest BCUT2D eigenvalue weighted by molar-refractivity contribution is 5.79. The van der Waals surface area contributed by atoms with Crippen LogP contribution in [0.1, 0.15) is 19.8 Å². The van der Waals surface area contributed by atoms with E-state index in [0.717, 1.165) is 0 Å². The topological polar surface area (TPSA) is 76.1 Å². The van der Waals surface area contributed by atoms with Crippen molar-refractivity contribution < 1.29 is 24.2 Å². The number of aliphatic hydroxyl groups is 1. The molecule has 0 spiro atoms. The summed E-state index contributed by atoms with van der Waals surface area (Å²) in [6, 6.07) is 0. The van der Waals surface area contributed by atoms with Crippen LogP contribution in [-0.2, 0) is 19.1 Å². The van der Waals surface area contributed by atoms with Crippen molar-refractivity contribution in [1.82, 2.24) is 4.90 Å². The van der Waals surface area contributed by atoms with Crippen LogP contribution in [-0.4, -0.2) is 60.9 Å². The van der Waals surface area contributed by atoms with Gasteiger partial charge in [0, 0.05) is 13.0 Å². The third-order valence-electron chi connectivity index (χ3n) is 2.66. The van der Waals surface area contributed by atoms with Crippen molar-refractivity contribution >= 4 is 11.9 Å². The molecule has 2 atom stereocenters. The summed E-state index contributed by atoms with van der Waals surface area (Å²) in [5.74, 6) is -0.527. The van der Waals surface area contributed by atoms with E-state index in [0.29, 0.717) is 19.6 Å². The minimum atomic E-state index is -0.691. The zero-order chi connectivity index (χ0) is 12.8. The van der Waals surface area contributed by atoms with Gasteiger partial charge in [0.2, 0.25) is 5.91 Å². The molecule has 1 N–H and O–H groups in total. The van der Waals surface area contributed by atoms with Gasteiger partial charge in [0.15, 0.2) is 6.10 Å². The molecular formula is C11H19NO5. The molecule has 17 heavy (non-hydrogen) atoms. The molecule has 1 aliphatic heterocycles. The van der Waals surface area contributed by atoms with Gasteiger partial charge in [-0.2, -0.15) is 0 Å². The average molecular weight is 245 g/mol. The second-order valence-corrected chi connectivity index (χ2v) is 4.11. The van der Waals surface area contributed by atoms with E-state index in [1.165, 1.54) is 7.11 Å². The van der Waals surface area contributed by atoms with Crippen molar-refractivity contribution in [2.45, 2.75) is 32.0 Å². The molecule has 0 aromatic rings. The zero-order valence-electron chi connectivity index (χ0n) is 10.2. The van der Waals surface area contributed by atoms with Crippen LogP contribution in [0.3, 0.4) is 0 Å². The Morgan fingerprint density at radius 2 is 2.29 bits per heavy atom. The molecule has 1 fully saturated rings. The SMILES string of the molecule is COC(=O)C1CN(C(=O)CCC(C)O)CCO1. The summed E-state index contributed by atoms with van der Waals surface area (Å²) in [5.41, 5.74) is 0. The van der Waals surface area contributed by atoms with E-state index < -0.39 is 18.2 Å². The Labute approximate surface area is 100 Å². The Morgan fingerprint density at radius 1 is 1.59 bits per heavy atom. The van der Waals surface area contributed by atoms with Crippen LogP contribution in [0.4, 0.5) is 0 Å². The van der Waals surface area contributed by atoms with Gasteiger partial charge < -0.3 is 19.5 Å². The number of carbonyl (C=O) groups is 2. The predicted octanol–water partition coefficient (Wildman–Crippen LogP) is -0.452. The summed E-state index contributed by atoms with van der Waals surface area (Å²) in [5, 5.41) is 9.11. The molecule has 0 radical (unpaired) electrons. The number of hydrogen-bond acceptors (Lipinski definition) is 5. The smallest absolute Gasteiger partial charge is 0.336 e. The molecule has 0 aromatic carbocycles. The molecule has 2 unspecified atom stereocenters. The van der Waals surface area contributed by atoms with Crippen molar-refractivity contribution in [2.75, 3.05) is 26.8 Å². The summed E-state index contributed by atoms with van der Waals surface area (Å²) in [6.07, 6.45) is -0.467. The molecule has 0 aliphatic carbocycles. The van der Waals surface area contributed by atoms with Crippen LogP contribution < -0.4 is 0 Å². The molecular weight excluding hydrogens is 226 g/mol. The molecule has 6 nitrogen and oxygen atoms in total. The van der Waals surface area contributed by atoms with Crippen molar-refractivity contribution in [3.05, 3.63) is 0 Å². The van der Waals surface area contributed by atoms with Gasteiger partial charge in [-0.1, -0.05) is 0 Å². The summed E-state index contributed by atoms with van der Waals surface area (Å²) < 4.78 is 9.79. The van der Waals surface area contributed by atoms with Crippen molar-refractivity contribution in [2.24, 2.45) is 0 Å². The van der Waals surface area contributed by atoms with E-state index in [2.05, 4.69) is 4.74 Å². The van der Waals surface area contributed by atoms with Crippen LogP contribution in [0.2, 0.25) is 0 Å². The van der Waals surface area contributed by atoms with Crippen LogP contribution in [0.15, 0.2) is 0 Å². The van der Waals surface area contributed by atoms with E-state index in [4.69, 9.17) is 9.84 Å². The maximum atomic E-state index is 11.8. The second kappa shape index (κ2) is 6.56. The fourth-order valence-corrected chi connectivity index (χ4v) is 1.64. The van der Waals surface area contributed by atoms with Gasteiger partial charge in [-0.05, 0) is 13.3 Å². The molecule has 1 amide bonds. The highest BCUT2D eigenvalue weighted by atomic mass is 16.6. The largest absolute Gasteiger partial charge is 0.467 e. The summed E-state index contributed by atoms with van der Waals surface area (Å²) in [7, 11) is 1.29. The van der Waals surface area contributed by atoms with Crippen LogP contribution in [0.5, 0.6) is 0 Å². The number of ether oxygens (including phenoxy) is 2. The first-order chi connectivity index (χ1) is 8.04. The maximum Gasteiger partial charge on any atom is 0.336 e. The van der Waals surface area contributed by atoms with E-state index in [9.17, 15) is 9.59 Å². The number of aliphatic hydroxyl groups excluding tert-OH is 1. The minimum absolute atomic E-state index is 0.0666. The first-order valence-electron chi connectivity index (χ1n) is 5.70. The standard InChI is InChI=1S/C11H19NO5/c1-8(13)3-4-10(14)12-5-6-17-9(7-12)11(15)16-2/h8-9,13H,3-7H2,1-2H3. The monoisotopic (exact) mass is 245 g/mol. The Balaban J connectivity index is 2.43. The first kappa shape index (κ1) is 13.9. The second-order valence-electron chi connectivity index (χ2n) is 4.11. The summed E-state index contributed by atoms with van der Waals surface area (Å²) in [6.45, 7) is 2.68. The van der Waals surface area contributed by atoms with Crippen molar-refractivity contribution in [3.8, 4) is 0 Å². The lowest BCUT2D eigenvalue weighted by Gasteiger charge is -2.31. The lowest BCUT2D eigenvalue weighted by Crippen LogP contribution is -2.48. The Kier molecular flexibility index (Phi) is 5.37. The third kappa shape index (κ3) is 4.32. The van der Waals surface area contributed by atoms with Gasteiger partial charge >= 0.3 is 5.97 Å². The zero-order valence-corrected chi connectivity index (χ0v) is 10.2. The van der Waals surface area contributed by atoms with Gasteiger partial charge in [0.1, 0.15) is 0 Å². The quantitative estimate of drug-likeness (QED) is 0.679. The van der Waals surface area contributed by atoms with E-state index in [1.807, 2.05) is 0 Å². The number of carbonyl (C=O) groups excluding carboxylic acids is 2. The third-order valence-corrected chi connectivity index (χ3v) is 2.66. The van der Waals surface area contributed by atoms with Gasteiger partial charge in [-0.3, -0.25) is 4.79 Å². The average Bonchev–Trinajstić information content (AvgIpc) is 2.35. The van der Waals surface area contributed by atoms with Crippen molar-refractivity contribution in [1.29, 1.82) is 0 Å². The van der Waals surface area contributed by atoms with Gasteiger partial charge in [-0.15, -0.1) is 0 Å². The number of rotatable bonds is 4. The number of nitrogens with zero attached hydrogens (tertiary/aromatic N) is 1. The normalized spacial score (nSPS) is 22.1. The summed E-state index contributed by atoms with van der Waals surface area (Å²) in [4.78, 5) is 24.6. The fraction of sp³-hybridized carbons (Fsp3) is 0.818. The maximum absolute atomic E-state index is 11.8. The molecule has 1 aliphatic rings. The number of esters is 1. The van der Waals surface area contributed by atoms with Crippen LogP contribution in [0.25, 0.3) is 0 Å². The molecule has 6 heteroatoms. The number of morpholine rings is 1. The van der Waals surface area contributed by atoms with E-state index in [-0.39, 0.29) is 18.9 Å². The Morgan fingerprint density at radius 3 is 2.88 bits per heavy atom. The molecule has 1 saturated heterocycles. The lowest BCUT2D eigenvalue weighted by atomic mass is 10.2. The highest BCUT2D eigenvalue weighted by Gasteiger charge is 2.29. The predicted molar refractivity (Wildman–Crippen MR) is 59.3 cm³/mol. The molecule has 0 bridgehead atoms. The van der Waals surface area contributed by atoms with Crippen molar-refractivity contribution in [3.63, 3.8) is 0 Å². The fourth-order valence-electron chi connectivity index (χ4n) is 1.64.